The van der Waals surface area contributed by atoms with E-state index in [2.05, 4.69) is 4.72 Å². The molecule has 0 heterocycles. The highest BCUT2D eigenvalue weighted by atomic mass is 32.2. The van der Waals surface area contributed by atoms with Crippen LogP contribution >= 0.6 is 0 Å². The number of rotatable bonds is 9. The van der Waals surface area contributed by atoms with Crippen molar-refractivity contribution in [1.82, 2.24) is 9.80 Å². The Morgan fingerprint density at radius 3 is 2.07 bits per heavy atom. The summed E-state index contributed by atoms with van der Waals surface area (Å²) in [5.74, 6) is -0.0841. The molecule has 0 unspecified atom stereocenters. The molecule has 0 spiro atoms. The second-order valence-corrected chi connectivity index (χ2v) is 8.77. The number of carbonyl (C=O) groups excluding carboxylic acids is 1. The molecule has 7 heteroatoms. The van der Waals surface area contributed by atoms with Crippen molar-refractivity contribution in [2.75, 3.05) is 38.5 Å². The van der Waals surface area contributed by atoms with Gasteiger partial charge in [0, 0.05) is 30.9 Å². The molecule has 0 saturated heterocycles. The number of sulfonamides is 1. The third kappa shape index (κ3) is 6.07. The number of hydrogen-bond donors (Lipinski definition) is 1. The Bertz CT molecular complexity index is 876. The molecule has 0 atom stereocenters. The zero-order chi connectivity index (χ0) is 20.7. The van der Waals surface area contributed by atoms with E-state index in [-0.39, 0.29) is 10.8 Å². The van der Waals surface area contributed by atoms with Crippen LogP contribution in [0.3, 0.4) is 0 Å². The molecular weight excluding hydrogens is 374 g/mol. The van der Waals surface area contributed by atoms with Crippen LogP contribution in [0.15, 0.2) is 53.4 Å². The Hall–Kier alpha value is -2.38. The topological polar surface area (TPSA) is 69.7 Å². The zero-order valence-corrected chi connectivity index (χ0v) is 17.8. The number of anilines is 1. The SMILES string of the molecule is CCCN(CCN(C)C)C(=O)c1ccc(S(=O)(=O)Nc2ccc(C)cc2)cc1. The lowest BCUT2D eigenvalue weighted by atomic mass is 10.2. The summed E-state index contributed by atoms with van der Waals surface area (Å²) in [5.41, 5.74) is 2.04. The van der Waals surface area contributed by atoms with E-state index in [1.54, 1.807) is 29.2 Å². The largest absolute Gasteiger partial charge is 0.337 e. The van der Waals surface area contributed by atoms with Gasteiger partial charge in [0.2, 0.25) is 0 Å². The van der Waals surface area contributed by atoms with Crippen molar-refractivity contribution < 1.29 is 13.2 Å². The Labute approximate surface area is 168 Å². The minimum absolute atomic E-state index is 0.0841. The minimum Gasteiger partial charge on any atom is -0.337 e. The van der Waals surface area contributed by atoms with Crippen molar-refractivity contribution in [2.24, 2.45) is 0 Å². The predicted molar refractivity (Wildman–Crippen MR) is 113 cm³/mol. The second-order valence-electron chi connectivity index (χ2n) is 7.09. The molecule has 0 aliphatic carbocycles. The number of amides is 1. The first kappa shape index (κ1) is 21.9. The van der Waals surface area contributed by atoms with E-state index in [0.717, 1.165) is 18.5 Å². The molecule has 0 bridgehead atoms. The smallest absolute Gasteiger partial charge is 0.261 e. The number of aryl methyl sites for hydroxylation is 1. The monoisotopic (exact) mass is 403 g/mol. The third-order valence-electron chi connectivity index (χ3n) is 4.31. The number of benzene rings is 2. The summed E-state index contributed by atoms with van der Waals surface area (Å²) in [6.45, 7) is 6.05. The van der Waals surface area contributed by atoms with Gasteiger partial charge in [-0.2, -0.15) is 0 Å². The number of hydrogen-bond acceptors (Lipinski definition) is 4. The molecule has 0 aromatic heterocycles. The van der Waals surface area contributed by atoms with Gasteiger partial charge >= 0.3 is 0 Å². The number of nitrogens with zero attached hydrogens (tertiary/aromatic N) is 2. The molecule has 152 valence electrons. The fourth-order valence-corrected chi connectivity index (χ4v) is 3.76. The summed E-state index contributed by atoms with van der Waals surface area (Å²) in [4.78, 5) is 16.7. The van der Waals surface area contributed by atoms with E-state index < -0.39 is 10.0 Å². The molecule has 0 fully saturated rings. The first-order valence-electron chi connectivity index (χ1n) is 9.36. The van der Waals surface area contributed by atoms with Crippen molar-refractivity contribution in [3.05, 3.63) is 59.7 Å². The van der Waals surface area contributed by atoms with E-state index in [1.807, 2.05) is 45.0 Å². The van der Waals surface area contributed by atoms with Crippen LogP contribution < -0.4 is 4.72 Å². The highest BCUT2D eigenvalue weighted by Gasteiger charge is 2.18. The van der Waals surface area contributed by atoms with Crippen molar-refractivity contribution in [1.29, 1.82) is 0 Å². The lowest BCUT2D eigenvalue weighted by Crippen LogP contribution is -2.37. The van der Waals surface area contributed by atoms with Gasteiger partial charge < -0.3 is 9.80 Å². The van der Waals surface area contributed by atoms with Gasteiger partial charge in [-0.1, -0.05) is 24.6 Å². The van der Waals surface area contributed by atoms with Crippen LogP contribution in [-0.4, -0.2) is 57.9 Å². The maximum Gasteiger partial charge on any atom is 0.261 e. The van der Waals surface area contributed by atoms with Crippen LogP contribution in [-0.2, 0) is 10.0 Å². The van der Waals surface area contributed by atoms with Gasteiger partial charge in [-0.05, 0) is 63.8 Å². The van der Waals surface area contributed by atoms with Crippen molar-refractivity contribution >= 4 is 21.6 Å². The highest BCUT2D eigenvalue weighted by Crippen LogP contribution is 2.18. The summed E-state index contributed by atoms with van der Waals surface area (Å²) in [6.07, 6.45) is 0.867. The summed E-state index contributed by atoms with van der Waals surface area (Å²) in [6, 6.07) is 13.2. The standard InChI is InChI=1S/C21H29N3O3S/c1-5-14-24(16-15-23(3)4)21(25)18-8-12-20(13-9-18)28(26,27)22-19-10-6-17(2)7-11-19/h6-13,22H,5,14-16H2,1-4H3. The van der Waals surface area contributed by atoms with Gasteiger partial charge in [0.1, 0.15) is 0 Å². The molecule has 2 rings (SSSR count). The van der Waals surface area contributed by atoms with E-state index in [9.17, 15) is 13.2 Å². The van der Waals surface area contributed by atoms with E-state index >= 15 is 0 Å². The second kappa shape index (κ2) is 9.71. The van der Waals surface area contributed by atoms with E-state index in [0.29, 0.717) is 24.3 Å². The number of nitrogens with one attached hydrogen (secondary N) is 1. The Morgan fingerprint density at radius 2 is 1.54 bits per heavy atom. The van der Waals surface area contributed by atoms with Crippen molar-refractivity contribution in [3.63, 3.8) is 0 Å². The average molecular weight is 404 g/mol. The fourth-order valence-electron chi connectivity index (χ4n) is 2.70. The average Bonchev–Trinajstić information content (AvgIpc) is 2.66. The predicted octanol–water partition coefficient (Wildman–Crippen LogP) is 3.21. The lowest BCUT2D eigenvalue weighted by Gasteiger charge is -2.24. The van der Waals surface area contributed by atoms with E-state index in [1.165, 1.54) is 12.1 Å². The fraction of sp³-hybridized carbons (Fsp3) is 0.381. The normalized spacial score (nSPS) is 11.5. The zero-order valence-electron chi connectivity index (χ0n) is 17.0. The van der Waals surface area contributed by atoms with Crippen molar-refractivity contribution in [3.8, 4) is 0 Å². The van der Waals surface area contributed by atoms with Gasteiger partial charge in [0.15, 0.2) is 0 Å². The number of likely N-dealkylation sites (N-methyl/N-ethyl adjacent to an activating group) is 1. The van der Waals surface area contributed by atoms with Crippen LogP contribution in [0, 0.1) is 6.92 Å². The minimum atomic E-state index is -3.70. The molecule has 1 amide bonds. The maximum atomic E-state index is 12.8. The van der Waals surface area contributed by atoms with Crippen LogP contribution in [0.5, 0.6) is 0 Å². The summed E-state index contributed by atoms with van der Waals surface area (Å²) in [5, 5.41) is 0. The van der Waals surface area contributed by atoms with Crippen LogP contribution in [0.25, 0.3) is 0 Å². The first-order chi connectivity index (χ1) is 13.2. The molecule has 0 aliphatic rings. The van der Waals surface area contributed by atoms with Crippen molar-refractivity contribution in [2.45, 2.75) is 25.2 Å². The molecule has 0 aliphatic heterocycles. The summed E-state index contributed by atoms with van der Waals surface area (Å²) in [7, 11) is 0.233. The Kier molecular flexibility index (Phi) is 7.60. The third-order valence-corrected chi connectivity index (χ3v) is 5.71. The van der Waals surface area contributed by atoms with Gasteiger partial charge in [0.05, 0.1) is 4.90 Å². The molecule has 1 N–H and O–H groups in total. The highest BCUT2D eigenvalue weighted by molar-refractivity contribution is 7.92. The van der Waals surface area contributed by atoms with E-state index in [4.69, 9.17) is 0 Å². The molecule has 0 saturated carbocycles. The van der Waals surface area contributed by atoms with Gasteiger partial charge in [-0.15, -0.1) is 0 Å². The Balaban J connectivity index is 2.14. The molecular formula is C21H29N3O3S. The van der Waals surface area contributed by atoms with Crippen LogP contribution in [0.4, 0.5) is 5.69 Å². The maximum absolute atomic E-state index is 12.8. The van der Waals surface area contributed by atoms with Gasteiger partial charge in [-0.3, -0.25) is 9.52 Å². The summed E-state index contributed by atoms with van der Waals surface area (Å²) >= 11 is 0. The summed E-state index contributed by atoms with van der Waals surface area (Å²) < 4.78 is 27.7. The molecule has 2 aromatic carbocycles. The number of carbonyl (C=O) groups is 1. The first-order valence-corrected chi connectivity index (χ1v) is 10.8. The molecule has 6 nitrogen and oxygen atoms in total. The molecule has 28 heavy (non-hydrogen) atoms. The van der Waals surface area contributed by atoms with Gasteiger partial charge in [0.25, 0.3) is 15.9 Å². The van der Waals surface area contributed by atoms with Gasteiger partial charge in [-0.25, -0.2) is 8.42 Å². The molecule has 2 aromatic rings. The Morgan fingerprint density at radius 1 is 0.929 bits per heavy atom. The van der Waals surface area contributed by atoms with Crippen LogP contribution in [0.2, 0.25) is 0 Å². The van der Waals surface area contributed by atoms with Crippen LogP contribution in [0.1, 0.15) is 29.3 Å². The lowest BCUT2D eigenvalue weighted by molar-refractivity contribution is 0.0745. The molecule has 0 radical (unpaired) electrons. The quantitative estimate of drug-likeness (QED) is 0.698.